The second-order valence-corrected chi connectivity index (χ2v) is 5.65. The molecule has 2 aromatic rings. The Balaban J connectivity index is 1.51. The summed E-state index contributed by atoms with van der Waals surface area (Å²) in [5.74, 6) is 2.48. The lowest BCUT2D eigenvalue weighted by Crippen LogP contribution is -2.37. The van der Waals surface area contributed by atoms with Gasteiger partial charge in [0.15, 0.2) is 0 Å². The van der Waals surface area contributed by atoms with Gasteiger partial charge >= 0.3 is 0 Å². The fourth-order valence-electron chi connectivity index (χ4n) is 1.66. The van der Waals surface area contributed by atoms with Crippen LogP contribution in [0, 0.1) is 0 Å². The minimum atomic E-state index is -0.344. The Labute approximate surface area is 138 Å². The van der Waals surface area contributed by atoms with Crippen molar-refractivity contribution in [2.24, 2.45) is 0 Å². The van der Waals surface area contributed by atoms with Gasteiger partial charge in [-0.25, -0.2) is 0 Å². The first kappa shape index (κ1) is 17.0. The molecule has 2 N–H and O–H groups in total. The van der Waals surface area contributed by atoms with Gasteiger partial charge in [0.05, 0.1) is 24.8 Å². The van der Waals surface area contributed by atoms with E-state index in [0.717, 1.165) is 17.3 Å². The van der Waals surface area contributed by atoms with Crippen molar-refractivity contribution in [2.75, 3.05) is 18.8 Å². The Bertz CT molecular complexity index is 621. The van der Waals surface area contributed by atoms with E-state index >= 15 is 0 Å². The molecule has 7 heteroatoms. The molecule has 2 heterocycles. The topological polar surface area (TPSA) is 84.5 Å². The summed E-state index contributed by atoms with van der Waals surface area (Å²) in [5, 5.41) is 5.25. The summed E-state index contributed by atoms with van der Waals surface area (Å²) < 4.78 is 10.3. The predicted octanol–water partition coefficient (Wildman–Crippen LogP) is 2.05. The molecule has 0 aliphatic rings. The van der Waals surface area contributed by atoms with Crippen molar-refractivity contribution in [2.45, 2.75) is 5.75 Å². The van der Waals surface area contributed by atoms with Gasteiger partial charge in [0.1, 0.15) is 11.5 Å². The SMILES string of the molecule is O=C(/C=C/c1ccco1)NCC(=O)NCCSCc1ccco1. The maximum Gasteiger partial charge on any atom is 0.244 e. The van der Waals surface area contributed by atoms with Crippen LogP contribution in [-0.2, 0) is 15.3 Å². The fraction of sp³-hybridized carbons (Fsp3) is 0.250. The summed E-state index contributed by atoms with van der Waals surface area (Å²) in [5.41, 5.74) is 0. The molecule has 6 nitrogen and oxygen atoms in total. The van der Waals surface area contributed by atoms with Crippen LogP contribution in [0.1, 0.15) is 11.5 Å². The van der Waals surface area contributed by atoms with Crippen molar-refractivity contribution in [1.82, 2.24) is 10.6 Å². The number of carbonyl (C=O) groups is 2. The molecule has 2 rings (SSSR count). The maximum atomic E-state index is 11.6. The van der Waals surface area contributed by atoms with Crippen molar-refractivity contribution in [3.8, 4) is 0 Å². The van der Waals surface area contributed by atoms with Gasteiger partial charge in [0.25, 0.3) is 0 Å². The molecule has 2 aromatic heterocycles. The third-order valence-electron chi connectivity index (χ3n) is 2.76. The molecular weight excluding hydrogens is 316 g/mol. The van der Waals surface area contributed by atoms with Crippen LogP contribution < -0.4 is 10.6 Å². The van der Waals surface area contributed by atoms with Crippen LogP contribution in [0.4, 0.5) is 0 Å². The molecule has 0 unspecified atom stereocenters. The van der Waals surface area contributed by atoms with E-state index in [9.17, 15) is 9.59 Å². The predicted molar refractivity (Wildman–Crippen MR) is 88.6 cm³/mol. The molecule has 0 fully saturated rings. The number of thioether (sulfide) groups is 1. The van der Waals surface area contributed by atoms with Crippen LogP contribution in [0.3, 0.4) is 0 Å². The Morgan fingerprint density at radius 2 is 1.96 bits per heavy atom. The van der Waals surface area contributed by atoms with Gasteiger partial charge in [-0.15, -0.1) is 0 Å². The van der Waals surface area contributed by atoms with Gasteiger partial charge in [0, 0.05) is 18.4 Å². The first-order chi connectivity index (χ1) is 11.2. The second-order valence-electron chi connectivity index (χ2n) is 4.55. The van der Waals surface area contributed by atoms with Crippen molar-refractivity contribution in [3.05, 3.63) is 54.4 Å². The molecule has 0 aliphatic heterocycles. The Hall–Kier alpha value is -2.41. The van der Waals surface area contributed by atoms with E-state index in [1.54, 1.807) is 36.2 Å². The van der Waals surface area contributed by atoms with Crippen LogP contribution in [0.15, 0.2) is 51.7 Å². The first-order valence-electron chi connectivity index (χ1n) is 7.10. The largest absolute Gasteiger partial charge is 0.468 e. The van der Waals surface area contributed by atoms with E-state index in [4.69, 9.17) is 8.83 Å². The summed E-state index contributed by atoms with van der Waals surface area (Å²) in [4.78, 5) is 23.1. The van der Waals surface area contributed by atoms with Gasteiger partial charge in [-0.1, -0.05) is 0 Å². The highest BCUT2D eigenvalue weighted by Crippen LogP contribution is 2.11. The molecule has 0 bridgehead atoms. The Morgan fingerprint density at radius 3 is 2.70 bits per heavy atom. The third kappa shape index (κ3) is 6.92. The van der Waals surface area contributed by atoms with E-state index in [1.807, 2.05) is 12.1 Å². The van der Waals surface area contributed by atoms with E-state index in [2.05, 4.69) is 10.6 Å². The van der Waals surface area contributed by atoms with E-state index < -0.39 is 0 Å². The van der Waals surface area contributed by atoms with Gasteiger partial charge in [-0.05, 0) is 30.3 Å². The summed E-state index contributed by atoms with van der Waals surface area (Å²) in [6.07, 6.45) is 6.03. The van der Waals surface area contributed by atoms with E-state index in [-0.39, 0.29) is 18.4 Å². The summed E-state index contributed by atoms with van der Waals surface area (Å²) >= 11 is 1.67. The Kier molecular flexibility index (Phi) is 7.06. The molecule has 122 valence electrons. The smallest absolute Gasteiger partial charge is 0.244 e. The van der Waals surface area contributed by atoms with E-state index in [0.29, 0.717) is 12.3 Å². The van der Waals surface area contributed by atoms with Crippen LogP contribution in [0.5, 0.6) is 0 Å². The number of amides is 2. The lowest BCUT2D eigenvalue weighted by Gasteiger charge is -2.05. The van der Waals surface area contributed by atoms with Gasteiger partial charge in [-0.3, -0.25) is 9.59 Å². The number of hydrogen-bond donors (Lipinski definition) is 2. The lowest BCUT2D eigenvalue weighted by molar-refractivity contribution is -0.123. The van der Waals surface area contributed by atoms with Crippen LogP contribution >= 0.6 is 11.8 Å². The lowest BCUT2D eigenvalue weighted by atomic mass is 10.4. The van der Waals surface area contributed by atoms with Crippen LogP contribution in [0.2, 0.25) is 0 Å². The number of rotatable bonds is 9. The molecule has 0 spiro atoms. The first-order valence-corrected chi connectivity index (χ1v) is 8.26. The zero-order chi connectivity index (χ0) is 16.3. The minimum absolute atomic E-state index is 0.0514. The highest BCUT2D eigenvalue weighted by Gasteiger charge is 2.03. The minimum Gasteiger partial charge on any atom is -0.468 e. The maximum absolute atomic E-state index is 11.6. The molecule has 0 radical (unpaired) electrons. The third-order valence-corrected chi connectivity index (χ3v) is 3.74. The van der Waals surface area contributed by atoms with Gasteiger partial charge in [-0.2, -0.15) is 11.8 Å². The van der Waals surface area contributed by atoms with Gasteiger partial charge < -0.3 is 19.5 Å². The van der Waals surface area contributed by atoms with Crippen LogP contribution in [0.25, 0.3) is 6.08 Å². The molecule has 2 amide bonds. The molecule has 0 aliphatic carbocycles. The van der Waals surface area contributed by atoms with Crippen molar-refractivity contribution in [1.29, 1.82) is 0 Å². The number of furan rings is 2. The normalized spacial score (nSPS) is 10.8. The second kappa shape index (κ2) is 9.58. The summed E-state index contributed by atoms with van der Waals surface area (Å²) in [6.45, 7) is 0.493. The molecule has 0 saturated heterocycles. The van der Waals surface area contributed by atoms with E-state index in [1.165, 1.54) is 12.3 Å². The molecule has 0 atom stereocenters. The molecule has 0 aromatic carbocycles. The standard InChI is InChI=1S/C16H18N2O4S/c19-15(6-5-13-3-1-8-21-13)18-11-16(20)17-7-10-23-12-14-4-2-9-22-14/h1-6,8-9H,7,10-12H2,(H,17,20)(H,18,19)/b6-5+. The van der Waals surface area contributed by atoms with Crippen LogP contribution in [-0.4, -0.2) is 30.7 Å². The quantitative estimate of drug-likeness (QED) is 0.541. The fourth-order valence-corrected chi connectivity index (χ4v) is 2.42. The number of carbonyl (C=O) groups excluding carboxylic acids is 2. The average Bonchev–Trinajstić information content (AvgIpc) is 3.24. The van der Waals surface area contributed by atoms with Crippen molar-refractivity contribution in [3.63, 3.8) is 0 Å². The molecular formula is C16H18N2O4S. The monoisotopic (exact) mass is 334 g/mol. The van der Waals surface area contributed by atoms with Crippen molar-refractivity contribution >= 4 is 29.7 Å². The highest BCUT2D eigenvalue weighted by molar-refractivity contribution is 7.98. The summed E-state index contributed by atoms with van der Waals surface area (Å²) in [7, 11) is 0. The summed E-state index contributed by atoms with van der Waals surface area (Å²) in [6, 6.07) is 7.23. The Morgan fingerprint density at radius 1 is 1.13 bits per heavy atom. The van der Waals surface area contributed by atoms with Crippen molar-refractivity contribution < 1.29 is 18.4 Å². The zero-order valence-corrected chi connectivity index (χ0v) is 13.3. The van der Waals surface area contributed by atoms with Gasteiger partial charge in [0.2, 0.25) is 11.8 Å². The number of nitrogens with one attached hydrogen (secondary N) is 2. The highest BCUT2D eigenvalue weighted by atomic mass is 32.2. The molecule has 23 heavy (non-hydrogen) atoms. The zero-order valence-electron chi connectivity index (χ0n) is 12.5. The number of hydrogen-bond acceptors (Lipinski definition) is 5. The average molecular weight is 334 g/mol. The molecule has 0 saturated carbocycles.